The number of pyridine rings is 1. The Balaban J connectivity index is 2.03. The molecule has 1 saturated heterocycles. The number of amides is 1. The average Bonchev–Trinajstić information content (AvgIpc) is 2.91. The zero-order valence-corrected chi connectivity index (χ0v) is 13.7. The van der Waals surface area contributed by atoms with Gasteiger partial charge in [-0.25, -0.2) is 4.98 Å². The van der Waals surface area contributed by atoms with Crippen LogP contribution in [0.25, 0.3) is 5.65 Å². The molecule has 2 aromatic heterocycles. The van der Waals surface area contributed by atoms with Crippen LogP contribution in [-0.4, -0.2) is 51.1 Å². The van der Waals surface area contributed by atoms with E-state index in [-0.39, 0.29) is 18.6 Å². The summed E-state index contributed by atoms with van der Waals surface area (Å²) in [5.74, 6) is 0.608. The lowest BCUT2D eigenvalue weighted by Gasteiger charge is -2.34. The number of rotatable bonds is 4. The number of aliphatic hydroxyl groups is 1. The molecular weight excluding hydrogens is 294 g/mol. The van der Waals surface area contributed by atoms with Gasteiger partial charge in [0.05, 0.1) is 24.9 Å². The van der Waals surface area contributed by atoms with E-state index in [0.29, 0.717) is 35.9 Å². The van der Waals surface area contributed by atoms with Crippen LogP contribution < -0.4 is 4.74 Å². The van der Waals surface area contributed by atoms with Gasteiger partial charge in [-0.3, -0.25) is 9.20 Å². The molecule has 1 fully saturated rings. The van der Waals surface area contributed by atoms with Crippen molar-refractivity contribution in [2.24, 2.45) is 0 Å². The summed E-state index contributed by atoms with van der Waals surface area (Å²) >= 11 is 0. The first-order valence-corrected chi connectivity index (χ1v) is 8.19. The normalized spacial score (nSPS) is 18.4. The molecule has 0 aromatic carbocycles. The molecule has 0 aliphatic carbocycles. The molecule has 1 atom stereocenters. The fraction of sp³-hybridized carbons (Fsp3) is 0.529. The first kappa shape index (κ1) is 15.8. The predicted molar refractivity (Wildman–Crippen MR) is 86.9 cm³/mol. The van der Waals surface area contributed by atoms with Gasteiger partial charge in [0, 0.05) is 12.7 Å². The zero-order chi connectivity index (χ0) is 16.4. The number of hydrogen-bond donors (Lipinski definition) is 1. The molecule has 1 aliphatic heterocycles. The maximum atomic E-state index is 13.0. The molecule has 0 spiro atoms. The third kappa shape index (κ3) is 2.79. The number of piperidine rings is 1. The molecular formula is C17H23N3O3. The number of fused-ring (bicyclic) bond motifs is 1. The van der Waals surface area contributed by atoms with E-state index in [1.54, 1.807) is 9.30 Å². The Hall–Kier alpha value is -2.08. The van der Waals surface area contributed by atoms with Crippen molar-refractivity contribution in [3.05, 3.63) is 29.7 Å². The first-order chi connectivity index (χ1) is 11.2. The van der Waals surface area contributed by atoms with Gasteiger partial charge >= 0.3 is 0 Å². The van der Waals surface area contributed by atoms with E-state index in [2.05, 4.69) is 4.98 Å². The topological polar surface area (TPSA) is 67.1 Å². The predicted octanol–water partition coefficient (Wildman–Crippen LogP) is 2.03. The number of hydrogen-bond acceptors (Lipinski definition) is 4. The lowest BCUT2D eigenvalue weighted by Crippen LogP contribution is -2.46. The van der Waals surface area contributed by atoms with Crippen molar-refractivity contribution in [2.75, 3.05) is 19.8 Å². The summed E-state index contributed by atoms with van der Waals surface area (Å²) in [5.41, 5.74) is 1.90. The molecule has 0 radical (unpaired) electrons. The van der Waals surface area contributed by atoms with Gasteiger partial charge in [-0.1, -0.05) is 0 Å². The number of aryl methyl sites for hydroxylation is 1. The van der Waals surface area contributed by atoms with Crippen LogP contribution >= 0.6 is 0 Å². The minimum atomic E-state index is -0.101. The van der Waals surface area contributed by atoms with Crippen molar-refractivity contribution in [3.63, 3.8) is 0 Å². The monoisotopic (exact) mass is 317 g/mol. The molecule has 6 nitrogen and oxygen atoms in total. The summed E-state index contributed by atoms with van der Waals surface area (Å²) in [6.07, 6.45) is 4.71. The number of aliphatic hydroxyl groups excluding tert-OH is 1. The Morgan fingerprint density at radius 2 is 2.30 bits per heavy atom. The van der Waals surface area contributed by atoms with Crippen molar-refractivity contribution in [1.82, 2.24) is 14.3 Å². The Bertz CT molecular complexity index is 710. The quantitative estimate of drug-likeness (QED) is 0.937. The molecule has 124 valence electrons. The molecule has 0 bridgehead atoms. The second-order valence-corrected chi connectivity index (χ2v) is 5.88. The van der Waals surface area contributed by atoms with Gasteiger partial charge in [-0.2, -0.15) is 0 Å². The molecule has 1 N–H and O–H groups in total. The van der Waals surface area contributed by atoms with Crippen LogP contribution in [0, 0.1) is 6.92 Å². The molecule has 3 rings (SSSR count). The van der Waals surface area contributed by atoms with Gasteiger partial charge in [0.25, 0.3) is 5.91 Å². The van der Waals surface area contributed by atoms with Gasteiger partial charge in [-0.05, 0) is 45.2 Å². The Morgan fingerprint density at radius 3 is 3.04 bits per heavy atom. The van der Waals surface area contributed by atoms with E-state index in [1.807, 2.05) is 32.2 Å². The van der Waals surface area contributed by atoms with E-state index in [9.17, 15) is 9.90 Å². The summed E-state index contributed by atoms with van der Waals surface area (Å²) in [5, 5.41) is 9.57. The molecule has 1 unspecified atom stereocenters. The fourth-order valence-electron chi connectivity index (χ4n) is 3.28. The second kappa shape index (κ2) is 6.58. The maximum absolute atomic E-state index is 13.0. The third-order valence-corrected chi connectivity index (χ3v) is 4.39. The van der Waals surface area contributed by atoms with Crippen molar-refractivity contribution in [2.45, 2.75) is 39.2 Å². The van der Waals surface area contributed by atoms with Crippen LogP contribution in [0.5, 0.6) is 5.75 Å². The number of nitrogens with zero attached hydrogens (tertiary/aromatic N) is 3. The number of imidazole rings is 1. The summed E-state index contributed by atoms with van der Waals surface area (Å²) in [6, 6.07) is 3.61. The van der Waals surface area contributed by atoms with Crippen molar-refractivity contribution >= 4 is 11.6 Å². The van der Waals surface area contributed by atoms with E-state index in [4.69, 9.17) is 4.74 Å². The zero-order valence-electron chi connectivity index (χ0n) is 13.7. The highest BCUT2D eigenvalue weighted by Gasteiger charge is 2.30. The van der Waals surface area contributed by atoms with Crippen LogP contribution in [0.3, 0.4) is 0 Å². The van der Waals surface area contributed by atoms with E-state index < -0.39 is 0 Å². The summed E-state index contributed by atoms with van der Waals surface area (Å²) in [6.45, 7) is 5.00. The maximum Gasteiger partial charge on any atom is 0.273 e. The minimum Gasteiger partial charge on any atom is -0.490 e. The molecule has 3 heterocycles. The SMILES string of the molecule is CCOc1cccn2c(C(=O)N3CCCCC3CO)c(C)nc12. The Labute approximate surface area is 135 Å². The highest BCUT2D eigenvalue weighted by atomic mass is 16.5. The second-order valence-electron chi connectivity index (χ2n) is 5.88. The van der Waals surface area contributed by atoms with Crippen molar-refractivity contribution in [1.29, 1.82) is 0 Å². The number of carbonyl (C=O) groups is 1. The van der Waals surface area contributed by atoms with Crippen LogP contribution in [0.1, 0.15) is 42.4 Å². The fourth-order valence-corrected chi connectivity index (χ4v) is 3.28. The molecule has 1 aliphatic rings. The minimum absolute atomic E-state index is 0.00567. The number of carbonyl (C=O) groups excluding carboxylic acids is 1. The van der Waals surface area contributed by atoms with Crippen LogP contribution in [0.4, 0.5) is 0 Å². The van der Waals surface area contributed by atoms with Crippen LogP contribution in [0.15, 0.2) is 18.3 Å². The van der Waals surface area contributed by atoms with Crippen LogP contribution in [-0.2, 0) is 0 Å². The molecule has 0 saturated carbocycles. The van der Waals surface area contributed by atoms with Gasteiger partial charge < -0.3 is 14.7 Å². The average molecular weight is 317 g/mol. The lowest BCUT2D eigenvalue weighted by molar-refractivity contribution is 0.0495. The molecule has 23 heavy (non-hydrogen) atoms. The largest absolute Gasteiger partial charge is 0.490 e. The van der Waals surface area contributed by atoms with Gasteiger partial charge in [0.2, 0.25) is 0 Å². The molecule has 2 aromatic rings. The van der Waals surface area contributed by atoms with E-state index >= 15 is 0 Å². The lowest BCUT2D eigenvalue weighted by atomic mass is 10.0. The molecule has 6 heteroatoms. The number of likely N-dealkylation sites (tertiary alicyclic amines) is 1. The van der Waals surface area contributed by atoms with E-state index in [0.717, 1.165) is 19.3 Å². The highest BCUT2D eigenvalue weighted by molar-refractivity contribution is 5.95. The van der Waals surface area contributed by atoms with Gasteiger partial charge in [-0.15, -0.1) is 0 Å². The van der Waals surface area contributed by atoms with Crippen molar-refractivity contribution in [3.8, 4) is 5.75 Å². The third-order valence-electron chi connectivity index (χ3n) is 4.39. The molecule has 1 amide bonds. The Kier molecular flexibility index (Phi) is 4.52. The number of aromatic nitrogens is 2. The first-order valence-electron chi connectivity index (χ1n) is 8.19. The van der Waals surface area contributed by atoms with Crippen molar-refractivity contribution < 1.29 is 14.6 Å². The van der Waals surface area contributed by atoms with Crippen LogP contribution in [0.2, 0.25) is 0 Å². The highest BCUT2D eigenvalue weighted by Crippen LogP contribution is 2.25. The summed E-state index contributed by atoms with van der Waals surface area (Å²) < 4.78 is 7.40. The van der Waals surface area contributed by atoms with Gasteiger partial charge in [0.15, 0.2) is 11.4 Å². The summed E-state index contributed by atoms with van der Waals surface area (Å²) in [4.78, 5) is 19.4. The van der Waals surface area contributed by atoms with E-state index in [1.165, 1.54) is 0 Å². The standard InChI is InChI=1S/C17H23N3O3/c1-3-23-14-8-6-10-20-15(12(2)18-16(14)20)17(22)19-9-5-4-7-13(19)11-21/h6,8,10,13,21H,3-5,7,9,11H2,1-2H3. The number of ether oxygens (including phenoxy) is 1. The van der Waals surface area contributed by atoms with Gasteiger partial charge in [0.1, 0.15) is 5.69 Å². The summed E-state index contributed by atoms with van der Waals surface area (Å²) in [7, 11) is 0. The Morgan fingerprint density at radius 1 is 1.48 bits per heavy atom. The smallest absolute Gasteiger partial charge is 0.273 e.